The Labute approximate surface area is 144 Å². The van der Waals surface area contributed by atoms with Gasteiger partial charge in [-0.05, 0) is 38.7 Å². The molecule has 0 atom stereocenters. The largest absolute Gasteiger partial charge is 0.288 e. The SMILES string of the molecule is CC(C)n1c(-c2cnn(CC3CC3)c2)nc2c(C#N)ccnc2c1=O. The van der Waals surface area contributed by atoms with Gasteiger partial charge in [0.05, 0.1) is 17.3 Å². The molecule has 0 aliphatic heterocycles. The lowest BCUT2D eigenvalue weighted by Gasteiger charge is -2.15. The van der Waals surface area contributed by atoms with Gasteiger partial charge in [0.25, 0.3) is 5.56 Å². The second kappa shape index (κ2) is 5.81. The van der Waals surface area contributed by atoms with Crippen molar-refractivity contribution in [3.8, 4) is 17.5 Å². The van der Waals surface area contributed by atoms with Crippen LogP contribution in [-0.4, -0.2) is 24.3 Å². The van der Waals surface area contributed by atoms with Gasteiger partial charge < -0.3 is 0 Å². The summed E-state index contributed by atoms with van der Waals surface area (Å²) in [6.07, 6.45) is 7.63. The Morgan fingerprint density at radius 3 is 2.84 bits per heavy atom. The van der Waals surface area contributed by atoms with Crippen molar-refractivity contribution in [3.05, 3.63) is 40.6 Å². The summed E-state index contributed by atoms with van der Waals surface area (Å²) in [5.74, 6) is 1.23. The summed E-state index contributed by atoms with van der Waals surface area (Å²) < 4.78 is 3.53. The Hall–Kier alpha value is -3.01. The summed E-state index contributed by atoms with van der Waals surface area (Å²) in [4.78, 5) is 21.7. The lowest BCUT2D eigenvalue weighted by atomic mass is 10.2. The van der Waals surface area contributed by atoms with Crippen molar-refractivity contribution in [1.29, 1.82) is 5.26 Å². The van der Waals surface area contributed by atoms with E-state index in [0.29, 0.717) is 22.8 Å². The zero-order valence-electron chi connectivity index (χ0n) is 14.2. The highest BCUT2D eigenvalue weighted by atomic mass is 16.1. The molecule has 0 unspecified atom stereocenters. The third kappa shape index (κ3) is 2.70. The number of rotatable bonds is 4. The predicted molar refractivity (Wildman–Crippen MR) is 92.8 cm³/mol. The molecule has 0 saturated heterocycles. The van der Waals surface area contributed by atoms with Crippen molar-refractivity contribution in [2.75, 3.05) is 0 Å². The molecular weight excluding hydrogens is 316 g/mol. The van der Waals surface area contributed by atoms with Crippen LogP contribution in [0.3, 0.4) is 0 Å². The topological polar surface area (TPSA) is 89.4 Å². The van der Waals surface area contributed by atoms with Crippen LogP contribution in [0.15, 0.2) is 29.5 Å². The molecule has 126 valence electrons. The van der Waals surface area contributed by atoms with Crippen LogP contribution in [0.2, 0.25) is 0 Å². The Morgan fingerprint density at radius 1 is 1.36 bits per heavy atom. The lowest BCUT2D eigenvalue weighted by molar-refractivity contribution is 0.562. The molecule has 0 amide bonds. The van der Waals surface area contributed by atoms with Crippen molar-refractivity contribution in [1.82, 2.24) is 24.3 Å². The van der Waals surface area contributed by atoms with Crippen LogP contribution in [0.4, 0.5) is 0 Å². The first-order chi connectivity index (χ1) is 12.1. The molecule has 25 heavy (non-hydrogen) atoms. The average Bonchev–Trinajstić information content (AvgIpc) is 3.28. The summed E-state index contributed by atoms with van der Waals surface area (Å²) in [6.45, 7) is 4.76. The minimum Gasteiger partial charge on any atom is -0.288 e. The molecule has 0 aromatic carbocycles. The van der Waals surface area contributed by atoms with E-state index in [1.807, 2.05) is 24.7 Å². The van der Waals surface area contributed by atoms with Crippen LogP contribution in [0, 0.1) is 17.2 Å². The number of aromatic nitrogens is 5. The van der Waals surface area contributed by atoms with E-state index in [2.05, 4.69) is 21.1 Å². The number of pyridine rings is 1. The Balaban J connectivity index is 1.94. The molecule has 7 heteroatoms. The average molecular weight is 334 g/mol. The van der Waals surface area contributed by atoms with Crippen molar-refractivity contribution in [3.63, 3.8) is 0 Å². The van der Waals surface area contributed by atoms with Gasteiger partial charge in [-0.25, -0.2) is 9.97 Å². The van der Waals surface area contributed by atoms with Crippen LogP contribution < -0.4 is 5.56 Å². The van der Waals surface area contributed by atoms with Gasteiger partial charge in [0, 0.05) is 25.0 Å². The smallest absolute Gasteiger partial charge is 0.280 e. The first-order valence-corrected chi connectivity index (χ1v) is 8.42. The third-order valence-corrected chi connectivity index (χ3v) is 4.46. The Kier molecular flexibility index (Phi) is 3.61. The van der Waals surface area contributed by atoms with Crippen LogP contribution in [0.5, 0.6) is 0 Å². The minimum absolute atomic E-state index is 0.0845. The molecule has 0 radical (unpaired) electrons. The van der Waals surface area contributed by atoms with E-state index in [4.69, 9.17) is 0 Å². The van der Waals surface area contributed by atoms with Crippen LogP contribution in [-0.2, 0) is 6.54 Å². The fraction of sp³-hybridized carbons (Fsp3) is 0.389. The second-order valence-corrected chi connectivity index (χ2v) is 6.77. The molecule has 0 N–H and O–H groups in total. The van der Waals surface area contributed by atoms with Crippen molar-refractivity contribution >= 4 is 11.0 Å². The molecule has 3 aromatic rings. The maximum absolute atomic E-state index is 13.0. The highest BCUT2D eigenvalue weighted by molar-refractivity contribution is 5.81. The lowest BCUT2D eigenvalue weighted by Crippen LogP contribution is -2.26. The monoisotopic (exact) mass is 334 g/mol. The van der Waals surface area contributed by atoms with E-state index >= 15 is 0 Å². The van der Waals surface area contributed by atoms with Crippen LogP contribution >= 0.6 is 0 Å². The normalized spacial score (nSPS) is 14.2. The molecule has 1 aliphatic carbocycles. The summed E-state index contributed by atoms with van der Waals surface area (Å²) in [7, 11) is 0. The number of hydrogen-bond acceptors (Lipinski definition) is 5. The molecule has 1 fully saturated rings. The number of hydrogen-bond donors (Lipinski definition) is 0. The number of fused-ring (bicyclic) bond motifs is 1. The van der Waals surface area contributed by atoms with Crippen molar-refractivity contribution < 1.29 is 0 Å². The summed E-state index contributed by atoms with van der Waals surface area (Å²) in [5, 5.41) is 13.7. The van der Waals surface area contributed by atoms with E-state index in [1.165, 1.54) is 19.0 Å². The minimum atomic E-state index is -0.234. The van der Waals surface area contributed by atoms with Gasteiger partial charge in [-0.1, -0.05) is 0 Å². The van der Waals surface area contributed by atoms with Crippen molar-refractivity contribution in [2.24, 2.45) is 5.92 Å². The van der Waals surface area contributed by atoms with Gasteiger partial charge in [0.15, 0.2) is 5.52 Å². The maximum Gasteiger partial charge on any atom is 0.280 e. The van der Waals surface area contributed by atoms with E-state index in [9.17, 15) is 10.1 Å². The summed E-state index contributed by atoms with van der Waals surface area (Å²) in [6, 6.07) is 3.59. The predicted octanol–water partition coefficient (Wildman–Crippen LogP) is 2.52. The molecule has 3 heterocycles. The summed E-state index contributed by atoms with van der Waals surface area (Å²) >= 11 is 0. The molecular formula is C18H18N6O. The summed E-state index contributed by atoms with van der Waals surface area (Å²) in [5.41, 5.74) is 1.46. The van der Waals surface area contributed by atoms with Gasteiger partial charge in [-0.2, -0.15) is 10.4 Å². The standard InChI is InChI=1S/C18H18N6O/c1-11(2)24-17(14-8-21-23(10-14)9-12-3-4-12)22-15-13(7-19)5-6-20-16(15)18(24)25/h5-6,8,10-12H,3-4,9H2,1-2H3. The molecule has 7 nitrogen and oxygen atoms in total. The number of nitrogens with zero attached hydrogens (tertiary/aromatic N) is 6. The zero-order chi connectivity index (χ0) is 17.6. The molecule has 1 aliphatic rings. The highest BCUT2D eigenvalue weighted by Gasteiger charge is 2.23. The fourth-order valence-electron chi connectivity index (χ4n) is 3.01. The van der Waals surface area contributed by atoms with Crippen LogP contribution in [0.1, 0.15) is 38.3 Å². The zero-order valence-corrected chi connectivity index (χ0v) is 14.2. The first-order valence-electron chi connectivity index (χ1n) is 8.42. The van der Waals surface area contributed by atoms with E-state index in [1.54, 1.807) is 16.8 Å². The first kappa shape index (κ1) is 15.5. The third-order valence-electron chi connectivity index (χ3n) is 4.46. The number of nitriles is 1. The van der Waals surface area contributed by atoms with Gasteiger partial charge in [-0.3, -0.25) is 14.0 Å². The van der Waals surface area contributed by atoms with E-state index in [0.717, 1.165) is 12.1 Å². The quantitative estimate of drug-likeness (QED) is 0.731. The second-order valence-electron chi connectivity index (χ2n) is 6.77. The highest BCUT2D eigenvalue weighted by Crippen LogP contribution is 2.31. The fourth-order valence-corrected chi connectivity index (χ4v) is 3.01. The maximum atomic E-state index is 13.0. The Bertz CT molecular complexity index is 1050. The molecule has 0 spiro atoms. The van der Waals surface area contributed by atoms with Gasteiger partial charge in [-0.15, -0.1) is 0 Å². The van der Waals surface area contributed by atoms with Gasteiger partial charge in [0.1, 0.15) is 17.4 Å². The van der Waals surface area contributed by atoms with Gasteiger partial charge >= 0.3 is 0 Å². The van der Waals surface area contributed by atoms with E-state index < -0.39 is 0 Å². The molecule has 0 bridgehead atoms. The van der Waals surface area contributed by atoms with E-state index in [-0.39, 0.29) is 17.1 Å². The van der Waals surface area contributed by atoms with Crippen LogP contribution in [0.25, 0.3) is 22.4 Å². The molecule has 3 aromatic heterocycles. The molecule has 1 saturated carbocycles. The van der Waals surface area contributed by atoms with Gasteiger partial charge in [0.2, 0.25) is 0 Å². The van der Waals surface area contributed by atoms with Crippen molar-refractivity contribution in [2.45, 2.75) is 39.3 Å². The molecule has 4 rings (SSSR count). The Morgan fingerprint density at radius 2 is 2.16 bits per heavy atom.